The zero-order valence-electron chi connectivity index (χ0n) is 15.8. The molecule has 1 aromatic carbocycles. The number of benzene rings is 1. The van der Waals surface area contributed by atoms with E-state index < -0.39 is 0 Å². The summed E-state index contributed by atoms with van der Waals surface area (Å²) < 4.78 is 0. The maximum absolute atomic E-state index is 13.0. The first-order valence-electron chi connectivity index (χ1n) is 8.66. The van der Waals surface area contributed by atoms with Gasteiger partial charge in [0.25, 0.3) is 5.91 Å². The van der Waals surface area contributed by atoms with Crippen LogP contribution in [0.1, 0.15) is 34.7 Å². The lowest BCUT2D eigenvalue weighted by Gasteiger charge is -2.24. The minimum atomic E-state index is -0.171. The number of hydrogen-bond acceptors (Lipinski definition) is 6. The smallest absolute Gasteiger partial charge is 0.254 e. The molecule has 0 aliphatic rings. The molecule has 0 saturated carbocycles. The number of nitrogens with zero attached hydrogens (tertiary/aromatic N) is 5. The van der Waals surface area contributed by atoms with E-state index in [2.05, 4.69) is 25.3 Å². The molecule has 3 aromatic rings. The second kappa shape index (κ2) is 7.90. The molecular formula is C20H22N6O. The minimum Gasteiger partial charge on any atom is -0.373 e. The number of rotatable bonds is 5. The number of anilines is 1. The number of carbonyl (C=O) groups is 1. The summed E-state index contributed by atoms with van der Waals surface area (Å²) in [6.45, 7) is 3.85. The van der Waals surface area contributed by atoms with Crippen LogP contribution in [0.25, 0.3) is 11.4 Å². The SMILES string of the molecule is CNc1cc(C)nc(-c2cccc(C(=O)N(C)[C@H](C)c3ccncn3)c2)n1. The largest absolute Gasteiger partial charge is 0.373 e. The van der Waals surface area contributed by atoms with Crippen molar-refractivity contribution in [2.24, 2.45) is 0 Å². The maximum Gasteiger partial charge on any atom is 0.254 e. The third-order valence-corrected chi connectivity index (χ3v) is 4.41. The molecule has 0 aliphatic carbocycles. The summed E-state index contributed by atoms with van der Waals surface area (Å²) in [6, 6.07) is 10.9. The van der Waals surface area contributed by atoms with E-state index in [4.69, 9.17) is 0 Å². The lowest BCUT2D eigenvalue weighted by Crippen LogP contribution is -2.30. The van der Waals surface area contributed by atoms with Crippen LogP contribution in [-0.2, 0) is 0 Å². The highest BCUT2D eigenvalue weighted by Crippen LogP contribution is 2.22. The van der Waals surface area contributed by atoms with Crippen molar-refractivity contribution in [3.05, 3.63) is 65.9 Å². The Kier molecular flexibility index (Phi) is 5.40. The topological polar surface area (TPSA) is 83.9 Å². The molecule has 1 N–H and O–H groups in total. The summed E-state index contributed by atoms with van der Waals surface area (Å²) in [7, 11) is 3.58. The summed E-state index contributed by atoms with van der Waals surface area (Å²) >= 11 is 0. The van der Waals surface area contributed by atoms with Crippen molar-refractivity contribution in [1.82, 2.24) is 24.8 Å². The third kappa shape index (κ3) is 4.08. The summed E-state index contributed by atoms with van der Waals surface area (Å²) in [4.78, 5) is 31.8. The molecule has 3 rings (SSSR count). The quantitative estimate of drug-likeness (QED) is 0.751. The van der Waals surface area contributed by atoms with Gasteiger partial charge in [0, 0.05) is 43.2 Å². The highest BCUT2D eigenvalue weighted by molar-refractivity contribution is 5.95. The van der Waals surface area contributed by atoms with Gasteiger partial charge >= 0.3 is 0 Å². The van der Waals surface area contributed by atoms with E-state index in [1.54, 1.807) is 24.2 Å². The molecule has 0 saturated heterocycles. The van der Waals surface area contributed by atoms with Gasteiger partial charge in [0.1, 0.15) is 12.1 Å². The van der Waals surface area contributed by atoms with E-state index in [0.29, 0.717) is 11.4 Å². The van der Waals surface area contributed by atoms with Gasteiger partial charge in [-0.05, 0) is 32.0 Å². The van der Waals surface area contributed by atoms with Crippen molar-refractivity contribution in [1.29, 1.82) is 0 Å². The Morgan fingerprint density at radius 2 is 2.00 bits per heavy atom. The number of hydrogen-bond donors (Lipinski definition) is 1. The Hall–Kier alpha value is -3.35. The first kappa shape index (κ1) is 18.4. The first-order valence-corrected chi connectivity index (χ1v) is 8.66. The Balaban J connectivity index is 1.89. The zero-order chi connectivity index (χ0) is 19.4. The Morgan fingerprint density at radius 1 is 1.19 bits per heavy atom. The Labute approximate surface area is 158 Å². The fourth-order valence-electron chi connectivity index (χ4n) is 2.74. The Morgan fingerprint density at radius 3 is 2.70 bits per heavy atom. The molecule has 7 nitrogen and oxygen atoms in total. The maximum atomic E-state index is 13.0. The Bertz CT molecular complexity index is 944. The van der Waals surface area contributed by atoms with E-state index in [9.17, 15) is 4.79 Å². The number of amides is 1. The predicted octanol–water partition coefficient (Wildman–Crippen LogP) is 3.12. The van der Waals surface area contributed by atoms with Crippen LogP contribution in [-0.4, -0.2) is 44.8 Å². The number of aryl methyl sites for hydroxylation is 1. The molecule has 2 heterocycles. The fourth-order valence-corrected chi connectivity index (χ4v) is 2.74. The summed E-state index contributed by atoms with van der Waals surface area (Å²) in [5, 5.41) is 3.03. The van der Waals surface area contributed by atoms with E-state index in [0.717, 1.165) is 22.8 Å². The van der Waals surface area contributed by atoms with Gasteiger partial charge in [-0.25, -0.2) is 19.9 Å². The first-order chi connectivity index (χ1) is 13.0. The van der Waals surface area contributed by atoms with Gasteiger partial charge in [-0.1, -0.05) is 12.1 Å². The summed E-state index contributed by atoms with van der Waals surface area (Å²) in [5.41, 5.74) is 3.02. The molecule has 0 fully saturated rings. The van der Waals surface area contributed by atoms with E-state index in [-0.39, 0.29) is 11.9 Å². The van der Waals surface area contributed by atoms with Crippen LogP contribution in [0, 0.1) is 6.92 Å². The van der Waals surface area contributed by atoms with E-state index >= 15 is 0 Å². The van der Waals surface area contributed by atoms with Gasteiger partial charge in [-0.3, -0.25) is 4.79 Å². The molecule has 0 bridgehead atoms. The van der Waals surface area contributed by atoms with Gasteiger partial charge < -0.3 is 10.2 Å². The molecular weight excluding hydrogens is 340 g/mol. The van der Waals surface area contributed by atoms with Crippen LogP contribution in [0.15, 0.2) is 48.9 Å². The lowest BCUT2D eigenvalue weighted by molar-refractivity contribution is 0.0739. The molecule has 7 heteroatoms. The van der Waals surface area contributed by atoms with Crippen molar-refractivity contribution >= 4 is 11.7 Å². The monoisotopic (exact) mass is 362 g/mol. The van der Waals surface area contributed by atoms with Crippen LogP contribution < -0.4 is 5.32 Å². The van der Waals surface area contributed by atoms with Crippen LogP contribution in [0.3, 0.4) is 0 Å². The molecule has 0 unspecified atom stereocenters. The van der Waals surface area contributed by atoms with Crippen molar-refractivity contribution in [3.63, 3.8) is 0 Å². The van der Waals surface area contributed by atoms with Crippen molar-refractivity contribution in [2.75, 3.05) is 19.4 Å². The van der Waals surface area contributed by atoms with Crippen molar-refractivity contribution in [3.8, 4) is 11.4 Å². The van der Waals surface area contributed by atoms with Crippen molar-refractivity contribution < 1.29 is 4.79 Å². The summed E-state index contributed by atoms with van der Waals surface area (Å²) in [5.74, 6) is 1.23. The fraction of sp³-hybridized carbons (Fsp3) is 0.250. The lowest BCUT2D eigenvalue weighted by atomic mass is 10.1. The van der Waals surface area contributed by atoms with Crippen LogP contribution >= 0.6 is 0 Å². The molecule has 1 atom stereocenters. The molecule has 27 heavy (non-hydrogen) atoms. The highest BCUT2D eigenvalue weighted by Gasteiger charge is 2.20. The second-order valence-electron chi connectivity index (χ2n) is 6.28. The second-order valence-corrected chi connectivity index (χ2v) is 6.28. The molecule has 0 spiro atoms. The van der Waals surface area contributed by atoms with Gasteiger partial charge in [0.15, 0.2) is 5.82 Å². The standard InChI is InChI=1S/C20H22N6O/c1-13-10-18(21-3)25-19(24-13)15-6-5-7-16(11-15)20(27)26(4)14(2)17-8-9-22-12-23-17/h5-12,14H,1-4H3,(H,21,24,25)/t14-/m1/s1. The van der Waals surface area contributed by atoms with E-state index in [1.165, 1.54) is 6.33 Å². The van der Waals surface area contributed by atoms with Crippen LogP contribution in [0.4, 0.5) is 5.82 Å². The van der Waals surface area contributed by atoms with Crippen molar-refractivity contribution in [2.45, 2.75) is 19.9 Å². The van der Waals surface area contributed by atoms with Crippen LogP contribution in [0.5, 0.6) is 0 Å². The third-order valence-electron chi connectivity index (χ3n) is 4.41. The minimum absolute atomic E-state index is 0.0931. The van der Waals surface area contributed by atoms with Gasteiger partial charge in [-0.15, -0.1) is 0 Å². The normalized spacial score (nSPS) is 11.7. The molecule has 0 aliphatic heterocycles. The predicted molar refractivity (Wildman–Crippen MR) is 104 cm³/mol. The number of aromatic nitrogens is 4. The zero-order valence-corrected chi connectivity index (χ0v) is 15.8. The molecule has 2 aromatic heterocycles. The molecule has 1 amide bonds. The summed E-state index contributed by atoms with van der Waals surface area (Å²) in [6.07, 6.45) is 3.16. The van der Waals surface area contributed by atoms with Gasteiger partial charge in [-0.2, -0.15) is 0 Å². The van der Waals surface area contributed by atoms with Crippen LogP contribution in [0.2, 0.25) is 0 Å². The average molecular weight is 362 g/mol. The molecule has 0 radical (unpaired) electrons. The van der Waals surface area contributed by atoms with E-state index in [1.807, 2.05) is 51.2 Å². The van der Waals surface area contributed by atoms with Gasteiger partial charge in [0.05, 0.1) is 11.7 Å². The molecule has 138 valence electrons. The average Bonchev–Trinajstić information content (AvgIpc) is 2.72. The number of carbonyl (C=O) groups excluding carboxylic acids is 1. The highest BCUT2D eigenvalue weighted by atomic mass is 16.2. The van der Waals surface area contributed by atoms with Gasteiger partial charge in [0.2, 0.25) is 0 Å². The number of nitrogens with one attached hydrogen (secondary N) is 1.